The van der Waals surface area contributed by atoms with Crippen molar-refractivity contribution in [1.82, 2.24) is 9.97 Å². The number of aryl methyl sites for hydroxylation is 1. The van der Waals surface area contributed by atoms with Crippen LogP contribution in [-0.4, -0.2) is 27.1 Å². The lowest BCUT2D eigenvalue weighted by atomic mass is 10.0. The van der Waals surface area contributed by atoms with Crippen LogP contribution >= 0.6 is 27.3 Å². The molecule has 130 valence electrons. The Hall–Kier alpha value is -1.99. The lowest BCUT2D eigenvalue weighted by Crippen LogP contribution is -2.28. The molecule has 3 aromatic rings. The number of hydrogen-bond acceptors (Lipinski definition) is 5. The number of carboxylic acid groups (broad SMARTS) is 1. The minimum atomic E-state index is -0.884. The second-order valence-corrected chi connectivity index (χ2v) is 7.61. The Morgan fingerprint density at radius 2 is 2.00 bits per heavy atom. The van der Waals surface area contributed by atoms with Crippen LogP contribution < -0.4 is 5.32 Å². The zero-order valence-corrected chi connectivity index (χ0v) is 16.3. The number of rotatable bonds is 6. The molecule has 0 saturated heterocycles. The van der Waals surface area contributed by atoms with Gasteiger partial charge in [0.25, 0.3) is 0 Å². The van der Waals surface area contributed by atoms with E-state index in [0.717, 1.165) is 32.2 Å². The standard InChI is InChI=1S/C18H18BrN3O2S/c1-3-12(18(23)24)22-16-15-14(10-5-7-11(19)8-6-10)13(4-2)25-17(15)21-9-20-16/h5-9,12H,3-4H2,1-2H3,(H,23,24)(H,20,21,22). The van der Waals surface area contributed by atoms with Gasteiger partial charge in [-0.25, -0.2) is 14.8 Å². The largest absolute Gasteiger partial charge is 0.480 e. The Balaban J connectivity index is 2.21. The summed E-state index contributed by atoms with van der Waals surface area (Å²) in [4.78, 5) is 22.2. The number of aromatic nitrogens is 2. The normalized spacial score (nSPS) is 12.3. The van der Waals surface area contributed by atoms with Gasteiger partial charge in [-0.2, -0.15) is 0 Å². The summed E-state index contributed by atoms with van der Waals surface area (Å²) >= 11 is 5.10. The van der Waals surface area contributed by atoms with E-state index in [4.69, 9.17) is 0 Å². The van der Waals surface area contributed by atoms with Crippen molar-refractivity contribution in [2.45, 2.75) is 32.7 Å². The Labute approximate surface area is 158 Å². The van der Waals surface area contributed by atoms with Gasteiger partial charge in [-0.3, -0.25) is 0 Å². The highest BCUT2D eigenvalue weighted by molar-refractivity contribution is 9.10. The van der Waals surface area contributed by atoms with Crippen LogP contribution in [0.3, 0.4) is 0 Å². The first kappa shape index (κ1) is 17.8. The number of carboxylic acids is 1. The van der Waals surface area contributed by atoms with Gasteiger partial charge in [0.05, 0.1) is 5.39 Å². The van der Waals surface area contributed by atoms with Gasteiger partial charge in [-0.1, -0.05) is 41.9 Å². The van der Waals surface area contributed by atoms with Crippen LogP contribution in [0.5, 0.6) is 0 Å². The fourth-order valence-electron chi connectivity index (χ4n) is 2.76. The molecule has 7 heteroatoms. The van der Waals surface area contributed by atoms with Crippen LogP contribution in [0.15, 0.2) is 35.1 Å². The fraction of sp³-hybridized carbons (Fsp3) is 0.278. The lowest BCUT2D eigenvalue weighted by molar-refractivity contribution is -0.137. The predicted octanol–water partition coefficient (Wildman–Crippen LogP) is 4.96. The summed E-state index contributed by atoms with van der Waals surface area (Å²) in [6, 6.07) is 7.43. The summed E-state index contributed by atoms with van der Waals surface area (Å²) in [5.41, 5.74) is 2.16. The van der Waals surface area contributed by atoms with E-state index in [1.165, 1.54) is 11.2 Å². The van der Waals surface area contributed by atoms with Gasteiger partial charge in [-0.05, 0) is 30.5 Å². The molecule has 0 bridgehead atoms. The van der Waals surface area contributed by atoms with Crippen molar-refractivity contribution in [3.8, 4) is 11.1 Å². The number of nitrogens with zero attached hydrogens (tertiary/aromatic N) is 2. The van der Waals surface area contributed by atoms with E-state index in [1.54, 1.807) is 11.3 Å². The number of nitrogens with one attached hydrogen (secondary N) is 1. The van der Waals surface area contributed by atoms with Crippen molar-refractivity contribution in [1.29, 1.82) is 0 Å². The number of halogens is 1. The maximum atomic E-state index is 11.4. The molecule has 0 fully saturated rings. The van der Waals surface area contributed by atoms with E-state index < -0.39 is 12.0 Å². The summed E-state index contributed by atoms with van der Waals surface area (Å²) < 4.78 is 1.01. The number of thiophene rings is 1. The van der Waals surface area contributed by atoms with Crippen LogP contribution in [0.2, 0.25) is 0 Å². The second-order valence-electron chi connectivity index (χ2n) is 5.61. The summed E-state index contributed by atoms with van der Waals surface area (Å²) in [5, 5.41) is 13.3. The molecule has 2 aromatic heterocycles. The highest BCUT2D eigenvalue weighted by atomic mass is 79.9. The summed E-state index contributed by atoms with van der Waals surface area (Å²) in [7, 11) is 0. The number of anilines is 1. The summed E-state index contributed by atoms with van der Waals surface area (Å²) in [6.07, 6.45) is 2.84. The number of carbonyl (C=O) groups is 1. The van der Waals surface area contributed by atoms with Gasteiger partial charge < -0.3 is 10.4 Å². The number of hydrogen-bond donors (Lipinski definition) is 2. The smallest absolute Gasteiger partial charge is 0.326 e. The number of fused-ring (bicyclic) bond motifs is 1. The third kappa shape index (κ3) is 3.52. The van der Waals surface area contributed by atoms with Crippen molar-refractivity contribution in [2.24, 2.45) is 0 Å². The molecule has 5 nitrogen and oxygen atoms in total. The summed E-state index contributed by atoms with van der Waals surface area (Å²) in [6.45, 7) is 3.95. The average molecular weight is 420 g/mol. The molecule has 0 aliphatic carbocycles. The molecule has 0 spiro atoms. The SMILES string of the molecule is CCc1sc2ncnc(NC(CC)C(=O)O)c2c1-c1ccc(Br)cc1. The van der Waals surface area contributed by atoms with Crippen molar-refractivity contribution < 1.29 is 9.90 Å². The second kappa shape index (κ2) is 7.49. The number of aliphatic carboxylic acids is 1. The molecule has 0 aliphatic rings. The molecule has 2 heterocycles. The highest BCUT2D eigenvalue weighted by Gasteiger charge is 2.21. The fourth-order valence-corrected chi connectivity index (χ4v) is 4.13. The molecule has 0 amide bonds. The maximum absolute atomic E-state index is 11.4. The number of benzene rings is 1. The van der Waals surface area contributed by atoms with Crippen molar-refractivity contribution in [3.05, 3.63) is 39.9 Å². The van der Waals surface area contributed by atoms with E-state index in [2.05, 4.69) is 50.3 Å². The van der Waals surface area contributed by atoms with Gasteiger partial charge in [0.15, 0.2) is 0 Å². The van der Waals surface area contributed by atoms with Crippen molar-refractivity contribution in [2.75, 3.05) is 5.32 Å². The van der Waals surface area contributed by atoms with Gasteiger partial charge in [0.1, 0.15) is 23.0 Å². The molecule has 2 N–H and O–H groups in total. The quantitative estimate of drug-likeness (QED) is 0.590. The Kier molecular flexibility index (Phi) is 5.34. The average Bonchev–Trinajstić information content (AvgIpc) is 2.99. The Morgan fingerprint density at radius 3 is 2.60 bits per heavy atom. The molecule has 0 saturated carbocycles. The van der Waals surface area contributed by atoms with Crippen LogP contribution in [0.4, 0.5) is 5.82 Å². The monoisotopic (exact) mass is 419 g/mol. The van der Waals surface area contributed by atoms with Crippen LogP contribution in [0.25, 0.3) is 21.3 Å². The first-order valence-electron chi connectivity index (χ1n) is 8.06. The van der Waals surface area contributed by atoms with Crippen molar-refractivity contribution in [3.63, 3.8) is 0 Å². The van der Waals surface area contributed by atoms with Gasteiger partial charge in [0.2, 0.25) is 0 Å². The van der Waals surface area contributed by atoms with E-state index in [1.807, 2.05) is 19.1 Å². The molecule has 3 rings (SSSR count). The van der Waals surface area contributed by atoms with Crippen molar-refractivity contribution >= 4 is 49.3 Å². The zero-order chi connectivity index (χ0) is 18.0. The Bertz CT molecular complexity index is 909. The van der Waals surface area contributed by atoms with Gasteiger partial charge >= 0.3 is 5.97 Å². The maximum Gasteiger partial charge on any atom is 0.326 e. The van der Waals surface area contributed by atoms with Crippen LogP contribution in [0, 0.1) is 0 Å². The van der Waals surface area contributed by atoms with E-state index in [9.17, 15) is 9.90 Å². The van der Waals surface area contributed by atoms with E-state index in [0.29, 0.717) is 12.2 Å². The third-order valence-electron chi connectivity index (χ3n) is 4.03. The van der Waals surface area contributed by atoms with Gasteiger partial charge in [-0.15, -0.1) is 11.3 Å². The van der Waals surface area contributed by atoms with E-state index >= 15 is 0 Å². The van der Waals surface area contributed by atoms with E-state index in [-0.39, 0.29) is 0 Å². The molecular weight excluding hydrogens is 402 g/mol. The predicted molar refractivity (Wildman–Crippen MR) is 105 cm³/mol. The minimum Gasteiger partial charge on any atom is -0.480 e. The molecule has 1 unspecified atom stereocenters. The first-order chi connectivity index (χ1) is 12.0. The summed E-state index contributed by atoms with van der Waals surface area (Å²) in [5.74, 6) is -0.307. The zero-order valence-electron chi connectivity index (χ0n) is 13.9. The first-order valence-corrected chi connectivity index (χ1v) is 9.67. The molecule has 1 atom stereocenters. The van der Waals surface area contributed by atoms with Crippen LogP contribution in [0.1, 0.15) is 25.1 Å². The molecule has 0 aliphatic heterocycles. The highest BCUT2D eigenvalue weighted by Crippen LogP contribution is 2.41. The molecule has 0 radical (unpaired) electrons. The minimum absolute atomic E-state index is 0.471. The molecule has 1 aromatic carbocycles. The van der Waals surface area contributed by atoms with Crippen LogP contribution in [-0.2, 0) is 11.2 Å². The Morgan fingerprint density at radius 1 is 1.28 bits per heavy atom. The van der Waals surface area contributed by atoms with Gasteiger partial charge in [0, 0.05) is 14.9 Å². The third-order valence-corrected chi connectivity index (χ3v) is 5.80. The lowest BCUT2D eigenvalue weighted by Gasteiger charge is -2.14. The molecule has 25 heavy (non-hydrogen) atoms. The topological polar surface area (TPSA) is 75.1 Å². The molecular formula is C18H18BrN3O2S.